The first kappa shape index (κ1) is 12.6. The van der Waals surface area contributed by atoms with Crippen molar-refractivity contribution < 1.29 is 14.7 Å². The minimum atomic E-state index is -0.923. The molecule has 0 radical (unpaired) electrons. The van der Waals surface area contributed by atoms with E-state index in [9.17, 15) is 14.7 Å². The van der Waals surface area contributed by atoms with Crippen molar-refractivity contribution in [1.82, 2.24) is 14.5 Å². The van der Waals surface area contributed by atoms with Crippen LogP contribution in [0.1, 0.15) is 32.0 Å². The molecule has 0 aliphatic carbocycles. The van der Waals surface area contributed by atoms with E-state index in [0.717, 1.165) is 5.69 Å². The lowest BCUT2D eigenvalue weighted by molar-refractivity contribution is -0.142. The highest BCUT2D eigenvalue weighted by Gasteiger charge is 2.45. The van der Waals surface area contributed by atoms with E-state index in [1.165, 1.54) is 0 Å². The van der Waals surface area contributed by atoms with Crippen LogP contribution in [0.3, 0.4) is 0 Å². The average molecular weight is 251 g/mol. The molecule has 1 amide bonds. The highest BCUT2D eigenvalue weighted by Crippen LogP contribution is 2.37. The SMILES string of the molecule is CCN1C(=O)CC(C(=O)O)C1c1cncn1CC. The van der Waals surface area contributed by atoms with Gasteiger partial charge >= 0.3 is 5.97 Å². The number of aromatic nitrogens is 2. The minimum Gasteiger partial charge on any atom is -0.481 e. The highest BCUT2D eigenvalue weighted by molar-refractivity contribution is 5.87. The van der Waals surface area contributed by atoms with Gasteiger partial charge in [0, 0.05) is 19.5 Å². The molecule has 98 valence electrons. The highest BCUT2D eigenvalue weighted by atomic mass is 16.4. The second kappa shape index (κ2) is 4.80. The second-order valence-corrected chi connectivity index (χ2v) is 4.38. The van der Waals surface area contributed by atoms with Gasteiger partial charge in [-0.1, -0.05) is 0 Å². The van der Waals surface area contributed by atoms with Gasteiger partial charge in [0.2, 0.25) is 5.91 Å². The van der Waals surface area contributed by atoms with E-state index >= 15 is 0 Å². The number of amides is 1. The standard InChI is InChI=1S/C12H17N3O3/c1-3-14-7-13-6-9(14)11-8(12(17)18)5-10(16)15(11)4-2/h6-8,11H,3-5H2,1-2H3,(H,17,18). The molecule has 2 heterocycles. The Bertz CT molecular complexity index is 469. The smallest absolute Gasteiger partial charge is 0.309 e. The van der Waals surface area contributed by atoms with E-state index in [1.54, 1.807) is 17.4 Å². The summed E-state index contributed by atoms with van der Waals surface area (Å²) in [5.74, 6) is -1.70. The Morgan fingerprint density at radius 2 is 2.22 bits per heavy atom. The zero-order valence-corrected chi connectivity index (χ0v) is 10.5. The number of carbonyl (C=O) groups is 2. The third kappa shape index (κ3) is 1.87. The Hall–Kier alpha value is -1.85. The largest absolute Gasteiger partial charge is 0.481 e. The molecular weight excluding hydrogens is 234 g/mol. The summed E-state index contributed by atoms with van der Waals surface area (Å²) < 4.78 is 1.89. The van der Waals surface area contributed by atoms with Crippen molar-refractivity contribution in [2.24, 2.45) is 5.92 Å². The van der Waals surface area contributed by atoms with Gasteiger partial charge in [-0.3, -0.25) is 9.59 Å². The number of hydrogen-bond acceptors (Lipinski definition) is 3. The zero-order chi connectivity index (χ0) is 13.3. The number of carboxylic acid groups (broad SMARTS) is 1. The molecule has 1 saturated heterocycles. The molecule has 2 unspecified atom stereocenters. The molecule has 1 aliphatic rings. The van der Waals surface area contributed by atoms with Crippen LogP contribution in [-0.2, 0) is 16.1 Å². The number of aliphatic carboxylic acids is 1. The Kier molecular flexibility index (Phi) is 3.36. The molecule has 18 heavy (non-hydrogen) atoms. The van der Waals surface area contributed by atoms with Gasteiger partial charge in [0.05, 0.1) is 30.2 Å². The lowest BCUT2D eigenvalue weighted by Gasteiger charge is -2.26. The van der Waals surface area contributed by atoms with Gasteiger partial charge in [0.15, 0.2) is 0 Å². The molecule has 6 heteroatoms. The molecule has 2 rings (SSSR count). The molecule has 0 bridgehead atoms. The van der Waals surface area contributed by atoms with Gasteiger partial charge in [0.25, 0.3) is 0 Å². The first-order chi connectivity index (χ1) is 8.60. The van der Waals surface area contributed by atoms with Crippen molar-refractivity contribution in [1.29, 1.82) is 0 Å². The predicted octanol–water partition coefficient (Wildman–Crippen LogP) is 0.897. The van der Waals surface area contributed by atoms with Gasteiger partial charge in [-0.25, -0.2) is 4.98 Å². The van der Waals surface area contributed by atoms with Crippen LogP contribution in [-0.4, -0.2) is 38.0 Å². The van der Waals surface area contributed by atoms with Crippen molar-refractivity contribution in [3.05, 3.63) is 18.2 Å². The fourth-order valence-electron chi connectivity index (χ4n) is 2.59. The Morgan fingerprint density at radius 1 is 1.50 bits per heavy atom. The van der Waals surface area contributed by atoms with Crippen molar-refractivity contribution in [2.45, 2.75) is 32.9 Å². The summed E-state index contributed by atoms with van der Waals surface area (Å²) in [4.78, 5) is 28.8. The lowest BCUT2D eigenvalue weighted by atomic mass is 9.98. The number of carbonyl (C=O) groups excluding carboxylic acids is 1. The minimum absolute atomic E-state index is 0.0722. The summed E-state index contributed by atoms with van der Waals surface area (Å²) in [7, 11) is 0. The molecule has 1 aliphatic heterocycles. The Morgan fingerprint density at radius 3 is 2.78 bits per heavy atom. The van der Waals surface area contributed by atoms with Crippen LogP contribution in [0.25, 0.3) is 0 Å². The summed E-state index contributed by atoms with van der Waals surface area (Å²) in [5, 5.41) is 9.27. The molecular formula is C12H17N3O3. The van der Waals surface area contributed by atoms with Crippen molar-refractivity contribution in [3.8, 4) is 0 Å². The molecule has 0 saturated carbocycles. The fraction of sp³-hybridized carbons (Fsp3) is 0.583. The third-order valence-corrected chi connectivity index (χ3v) is 3.48. The van der Waals surface area contributed by atoms with E-state index in [2.05, 4.69) is 4.98 Å². The molecule has 2 atom stereocenters. The maximum atomic E-state index is 11.9. The second-order valence-electron chi connectivity index (χ2n) is 4.38. The first-order valence-electron chi connectivity index (χ1n) is 6.12. The summed E-state index contributed by atoms with van der Waals surface area (Å²) in [6, 6.07) is -0.401. The van der Waals surface area contributed by atoms with Gasteiger partial charge in [-0.2, -0.15) is 0 Å². The Balaban J connectivity index is 2.42. The number of imidazole rings is 1. The molecule has 6 nitrogen and oxygen atoms in total. The third-order valence-electron chi connectivity index (χ3n) is 3.48. The molecule has 1 fully saturated rings. The number of likely N-dealkylation sites (tertiary alicyclic amines) is 1. The summed E-state index contributed by atoms with van der Waals surface area (Å²) >= 11 is 0. The van der Waals surface area contributed by atoms with Crippen LogP contribution in [0.4, 0.5) is 0 Å². The monoisotopic (exact) mass is 251 g/mol. The van der Waals surface area contributed by atoms with E-state index in [-0.39, 0.29) is 12.3 Å². The maximum absolute atomic E-state index is 11.9. The first-order valence-corrected chi connectivity index (χ1v) is 6.12. The normalized spacial score (nSPS) is 23.7. The number of hydrogen-bond donors (Lipinski definition) is 1. The fourth-order valence-corrected chi connectivity index (χ4v) is 2.59. The molecule has 0 aromatic carbocycles. The number of carboxylic acids is 1. The van der Waals surface area contributed by atoms with Crippen molar-refractivity contribution in [2.75, 3.05) is 6.54 Å². The predicted molar refractivity (Wildman–Crippen MR) is 63.8 cm³/mol. The maximum Gasteiger partial charge on any atom is 0.309 e. The molecule has 1 N–H and O–H groups in total. The van der Waals surface area contributed by atoms with Gasteiger partial charge in [-0.15, -0.1) is 0 Å². The number of nitrogens with zero attached hydrogens (tertiary/aromatic N) is 3. The van der Waals surface area contributed by atoms with E-state index in [1.807, 2.05) is 18.4 Å². The average Bonchev–Trinajstić information content (AvgIpc) is 2.91. The molecule has 1 aromatic heterocycles. The van der Waals surface area contributed by atoms with Crippen LogP contribution in [0.15, 0.2) is 12.5 Å². The quantitative estimate of drug-likeness (QED) is 0.862. The van der Waals surface area contributed by atoms with Crippen LogP contribution >= 0.6 is 0 Å². The summed E-state index contributed by atoms with van der Waals surface area (Å²) in [5.41, 5.74) is 0.803. The van der Waals surface area contributed by atoms with E-state index < -0.39 is 17.9 Å². The van der Waals surface area contributed by atoms with Crippen LogP contribution in [0, 0.1) is 5.92 Å². The number of rotatable bonds is 4. The van der Waals surface area contributed by atoms with Crippen LogP contribution in [0.5, 0.6) is 0 Å². The van der Waals surface area contributed by atoms with Crippen molar-refractivity contribution >= 4 is 11.9 Å². The Labute approximate surface area is 105 Å². The summed E-state index contributed by atoms with van der Waals surface area (Å²) in [6.45, 7) is 5.06. The molecule has 1 aromatic rings. The van der Waals surface area contributed by atoms with Gasteiger partial charge in [-0.05, 0) is 13.8 Å². The van der Waals surface area contributed by atoms with E-state index in [0.29, 0.717) is 13.1 Å². The summed E-state index contributed by atoms with van der Waals surface area (Å²) in [6.07, 6.45) is 3.40. The zero-order valence-electron chi connectivity index (χ0n) is 10.5. The van der Waals surface area contributed by atoms with Gasteiger partial charge in [0.1, 0.15) is 0 Å². The van der Waals surface area contributed by atoms with Crippen LogP contribution in [0.2, 0.25) is 0 Å². The van der Waals surface area contributed by atoms with Crippen molar-refractivity contribution in [3.63, 3.8) is 0 Å². The topological polar surface area (TPSA) is 75.4 Å². The van der Waals surface area contributed by atoms with Gasteiger partial charge < -0.3 is 14.6 Å². The van der Waals surface area contributed by atoms with E-state index in [4.69, 9.17) is 0 Å². The molecule has 0 spiro atoms. The van der Waals surface area contributed by atoms with Crippen LogP contribution < -0.4 is 0 Å². The lowest BCUT2D eigenvalue weighted by Crippen LogP contribution is -2.31. The number of aryl methyl sites for hydroxylation is 1.